The molecule has 9 heterocycles. The number of ether oxygens (including phenoxy) is 1. The maximum absolute atomic E-state index is 7.41. The number of aromatic nitrogens is 1. The predicted molar refractivity (Wildman–Crippen MR) is 170 cm³/mol. The van der Waals surface area contributed by atoms with Gasteiger partial charge in [-0.2, -0.15) is 0 Å². The van der Waals surface area contributed by atoms with E-state index in [1.54, 1.807) is 16.7 Å². The molecule has 0 amide bonds. The summed E-state index contributed by atoms with van der Waals surface area (Å²) in [6, 6.07) is 21.0. The average molecular weight is 573 g/mol. The van der Waals surface area contributed by atoms with Crippen molar-refractivity contribution in [1.29, 1.82) is 0 Å². The summed E-state index contributed by atoms with van der Waals surface area (Å²) in [5, 5.41) is 1.45. The molecule has 6 saturated heterocycles. The number of hydrogen-bond donors (Lipinski definition) is 1. The molecule has 1 aliphatic carbocycles. The summed E-state index contributed by atoms with van der Waals surface area (Å²) in [4.78, 5) is 12.7. The average Bonchev–Trinajstić information content (AvgIpc) is 3.73. The SMILES string of the molecule is C/C=C1\CN2[C@H]3C[C@@H]1[C@@H](C1OC[C@H]4[C@H]5C[C@@H]6N(CC[C@@]67c6ccccc6N1[C@H]47)C[C@H]5CC)[C@@H]2Cc1c3[nH]c2ccccc12. The van der Waals surface area contributed by atoms with Gasteiger partial charge in [-0.3, -0.25) is 9.80 Å². The first-order chi connectivity index (χ1) is 21.2. The second kappa shape index (κ2) is 8.35. The van der Waals surface area contributed by atoms with Crippen LogP contribution < -0.4 is 4.90 Å². The third kappa shape index (κ3) is 2.80. The molecule has 12 rings (SSSR count). The van der Waals surface area contributed by atoms with Gasteiger partial charge in [0.1, 0.15) is 6.23 Å². The van der Waals surface area contributed by atoms with E-state index in [0.717, 1.165) is 31.4 Å². The second-order valence-corrected chi connectivity index (χ2v) is 15.4. The highest BCUT2D eigenvalue weighted by Gasteiger charge is 2.71. The Labute approximate surface area is 255 Å². The Bertz CT molecular complexity index is 1690. The lowest BCUT2D eigenvalue weighted by Gasteiger charge is -2.65. The van der Waals surface area contributed by atoms with Gasteiger partial charge in [0.25, 0.3) is 0 Å². The summed E-state index contributed by atoms with van der Waals surface area (Å²) in [7, 11) is 0. The number of para-hydroxylation sites is 2. The largest absolute Gasteiger partial charge is 0.358 e. The smallest absolute Gasteiger partial charge is 0.135 e. The van der Waals surface area contributed by atoms with E-state index >= 15 is 0 Å². The number of anilines is 1. The molecule has 2 unspecified atom stereocenters. The summed E-state index contributed by atoms with van der Waals surface area (Å²) >= 11 is 0. The van der Waals surface area contributed by atoms with Crippen molar-refractivity contribution in [3.63, 3.8) is 0 Å². The lowest BCUT2D eigenvalue weighted by atomic mass is 9.54. The Morgan fingerprint density at radius 2 is 1.95 bits per heavy atom. The van der Waals surface area contributed by atoms with Gasteiger partial charge in [-0.15, -0.1) is 0 Å². The van der Waals surface area contributed by atoms with Gasteiger partial charge in [0.2, 0.25) is 0 Å². The van der Waals surface area contributed by atoms with E-state index < -0.39 is 0 Å². The number of rotatable bonds is 2. The normalized spacial score (nSPS) is 45.9. The zero-order valence-electron chi connectivity index (χ0n) is 25.6. The van der Waals surface area contributed by atoms with Crippen molar-refractivity contribution >= 4 is 16.6 Å². The maximum atomic E-state index is 7.41. The molecular formula is C38H44N4O. The number of nitrogens with zero attached hydrogens (tertiary/aromatic N) is 3. The van der Waals surface area contributed by atoms with Crippen molar-refractivity contribution in [1.82, 2.24) is 14.8 Å². The van der Waals surface area contributed by atoms with E-state index in [1.165, 1.54) is 61.1 Å². The first kappa shape index (κ1) is 24.7. The fourth-order valence-electron chi connectivity index (χ4n) is 13.0. The second-order valence-electron chi connectivity index (χ2n) is 15.4. The molecule has 5 nitrogen and oxygen atoms in total. The molecule has 2 aromatic carbocycles. The number of piperidine rings is 4. The van der Waals surface area contributed by atoms with Crippen LogP contribution in [0.1, 0.15) is 62.4 Å². The van der Waals surface area contributed by atoms with Crippen molar-refractivity contribution < 1.29 is 4.74 Å². The Balaban J connectivity index is 1.07. The van der Waals surface area contributed by atoms with E-state index in [0.29, 0.717) is 41.9 Å². The van der Waals surface area contributed by atoms with Gasteiger partial charge in [0, 0.05) is 70.8 Å². The Hall–Kier alpha value is -2.60. The summed E-state index contributed by atoms with van der Waals surface area (Å²) in [6.45, 7) is 9.40. The minimum Gasteiger partial charge on any atom is -0.358 e. The standard InChI is InChI=1S/C38H44N4O/c1-3-21-18-40-14-13-38-28-10-6-8-12-30(28)42-36(38)27(24(21)17-33(38)40)20-43-37(42)34-25-15-32-35-26(23-9-5-7-11-29(23)39-35)16-31(34)41(32)19-22(25)4-2/h4-12,21,24-25,27,31-34,36-37,39H,3,13-20H2,1-2H3/b22-4+/t21-,24+,25+,27+,31+,32+,33+,34-,36-,37?,38-/m1/s1. The lowest BCUT2D eigenvalue weighted by Crippen LogP contribution is -2.73. The van der Waals surface area contributed by atoms with E-state index in [4.69, 9.17) is 4.74 Å². The molecule has 9 aliphatic rings. The third-order valence-corrected chi connectivity index (χ3v) is 14.5. The fraction of sp³-hybridized carbons (Fsp3) is 0.579. The minimum atomic E-state index is 0.148. The predicted octanol–water partition coefficient (Wildman–Crippen LogP) is 6.26. The van der Waals surface area contributed by atoms with Crippen LogP contribution in [0, 0.1) is 29.6 Å². The number of hydrogen-bond acceptors (Lipinski definition) is 4. The summed E-state index contributed by atoms with van der Waals surface area (Å²) in [6.07, 6.45) is 8.98. The van der Waals surface area contributed by atoms with Crippen LogP contribution in [0.4, 0.5) is 5.69 Å². The van der Waals surface area contributed by atoms with E-state index in [1.807, 2.05) is 0 Å². The molecule has 1 saturated carbocycles. The van der Waals surface area contributed by atoms with Gasteiger partial charge in [0.15, 0.2) is 0 Å². The Kier molecular flexibility index (Phi) is 4.80. The molecule has 7 fully saturated rings. The molecule has 5 heteroatoms. The fourth-order valence-corrected chi connectivity index (χ4v) is 13.0. The first-order valence-corrected chi connectivity index (χ1v) is 17.4. The molecule has 1 N–H and O–H groups in total. The summed E-state index contributed by atoms with van der Waals surface area (Å²) < 4.78 is 7.41. The molecule has 3 aromatic rings. The van der Waals surface area contributed by atoms with Crippen molar-refractivity contribution in [3.8, 4) is 0 Å². The molecule has 12 atom stereocenters. The van der Waals surface area contributed by atoms with Crippen molar-refractivity contribution in [2.45, 2.75) is 81.8 Å². The van der Waals surface area contributed by atoms with E-state index in [-0.39, 0.29) is 11.6 Å². The number of aromatic amines is 1. The van der Waals surface area contributed by atoms with Crippen LogP contribution in [0.25, 0.3) is 10.9 Å². The highest BCUT2D eigenvalue weighted by atomic mass is 16.5. The van der Waals surface area contributed by atoms with Crippen molar-refractivity contribution in [2.75, 3.05) is 31.1 Å². The maximum Gasteiger partial charge on any atom is 0.135 e. The highest BCUT2D eigenvalue weighted by molar-refractivity contribution is 5.85. The Morgan fingerprint density at radius 3 is 2.86 bits per heavy atom. The van der Waals surface area contributed by atoms with Gasteiger partial charge in [-0.25, -0.2) is 0 Å². The van der Waals surface area contributed by atoms with Gasteiger partial charge in [0.05, 0.1) is 12.6 Å². The molecule has 8 aliphatic heterocycles. The number of H-pyrrole nitrogens is 1. The van der Waals surface area contributed by atoms with Crippen LogP contribution >= 0.6 is 0 Å². The van der Waals surface area contributed by atoms with Crippen molar-refractivity contribution in [3.05, 3.63) is 77.0 Å². The van der Waals surface area contributed by atoms with Crippen LogP contribution in [0.5, 0.6) is 0 Å². The number of nitrogens with one attached hydrogen (secondary N) is 1. The minimum absolute atomic E-state index is 0.148. The van der Waals surface area contributed by atoms with Gasteiger partial charge in [-0.05, 0) is 80.2 Å². The van der Waals surface area contributed by atoms with Crippen LogP contribution in [0.15, 0.2) is 60.2 Å². The summed E-state index contributed by atoms with van der Waals surface area (Å²) in [5.74, 6) is 3.33. The molecular weight excluding hydrogens is 528 g/mol. The number of allylic oxidation sites excluding steroid dienone is 1. The zero-order valence-corrected chi connectivity index (χ0v) is 25.6. The van der Waals surface area contributed by atoms with E-state index in [9.17, 15) is 0 Å². The van der Waals surface area contributed by atoms with Crippen LogP contribution in [-0.4, -0.2) is 65.4 Å². The topological polar surface area (TPSA) is 34.7 Å². The Morgan fingerprint density at radius 1 is 1.07 bits per heavy atom. The monoisotopic (exact) mass is 572 g/mol. The van der Waals surface area contributed by atoms with Crippen LogP contribution in [0.2, 0.25) is 0 Å². The van der Waals surface area contributed by atoms with Gasteiger partial charge in [-0.1, -0.05) is 61.4 Å². The highest BCUT2D eigenvalue weighted by Crippen LogP contribution is 2.66. The van der Waals surface area contributed by atoms with Gasteiger partial charge >= 0.3 is 0 Å². The number of benzene rings is 2. The lowest BCUT2D eigenvalue weighted by molar-refractivity contribution is -0.157. The van der Waals surface area contributed by atoms with E-state index in [2.05, 4.69) is 88.1 Å². The molecule has 6 bridgehead atoms. The van der Waals surface area contributed by atoms with Crippen LogP contribution in [-0.2, 0) is 16.6 Å². The third-order valence-electron chi connectivity index (χ3n) is 14.5. The molecule has 43 heavy (non-hydrogen) atoms. The molecule has 1 aromatic heterocycles. The molecule has 1 spiro atoms. The van der Waals surface area contributed by atoms with Gasteiger partial charge < -0.3 is 14.6 Å². The molecule has 222 valence electrons. The zero-order chi connectivity index (χ0) is 28.2. The molecule has 0 radical (unpaired) electrons. The number of fused-ring (bicyclic) bond motifs is 8. The first-order valence-electron chi connectivity index (χ1n) is 17.4. The van der Waals surface area contributed by atoms with Crippen molar-refractivity contribution in [2.24, 2.45) is 29.6 Å². The summed E-state index contributed by atoms with van der Waals surface area (Å²) in [5.41, 5.74) is 9.52. The quantitative estimate of drug-likeness (QED) is 0.368. The van der Waals surface area contributed by atoms with Crippen LogP contribution in [0.3, 0.4) is 0 Å².